The maximum absolute atomic E-state index is 2.42. The van der Waals surface area contributed by atoms with Gasteiger partial charge in [-0.15, -0.1) is 11.3 Å². The predicted octanol–water partition coefficient (Wildman–Crippen LogP) is 14.0. The Morgan fingerprint density at radius 2 is 0.787 bits per heavy atom. The summed E-state index contributed by atoms with van der Waals surface area (Å²) in [6.07, 6.45) is 0. The zero-order valence-electron chi connectivity index (χ0n) is 28.1. The zero-order valence-corrected chi connectivity index (χ0v) is 28.9. The SMILES string of the molecule is CC(C)(C)c1cc(-c2ccc3sc4ccc(-c5ccc6cc7cc(-c8ccccc8)ccc7cc6c5)cc4c3c2)cc(C(C)(C)C)c1. The van der Waals surface area contributed by atoms with E-state index < -0.39 is 0 Å². The molecule has 0 amide bonds. The van der Waals surface area contributed by atoms with Crippen LogP contribution in [0.15, 0.2) is 133 Å². The fourth-order valence-corrected chi connectivity index (χ4v) is 7.85. The van der Waals surface area contributed by atoms with Gasteiger partial charge in [-0.25, -0.2) is 0 Å². The minimum Gasteiger partial charge on any atom is -0.135 e. The van der Waals surface area contributed by atoms with Crippen LogP contribution in [0.5, 0.6) is 0 Å². The number of thiophene rings is 1. The van der Waals surface area contributed by atoms with E-state index in [1.54, 1.807) is 0 Å². The Morgan fingerprint density at radius 1 is 0.340 bits per heavy atom. The van der Waals surface area contributed by atoms with Crippen molar-refractivity contribution in [1.82, 2.24) is 0 Å². The van der Waals surface area contributed by atoms with E-state index in [1.165, 1.54) is 86.2 Å². The van der Waals surface area contributed by atoms with Crippen LogP contribution in [-0.4, -0.2) is 0 Å². The first-order chi connectivity index (χ1) is 22.5. The van der Waals surface area contributed by atoms with E-state index in [1.807, 2.05) is 11.3 Å². The molecule has 0 saturated heterocycles. The third-order valence-corrected chi connectivity index (χ3v) is 10.9. The maximum atomic E-state index is 2.42. The van der Waals surface area contributed by atoms with Crippen molar-refractivity contribution in [2.45, 2.75) is 52.4 Å². The topological polar surface area (TPSA) is 0 Å². The Balaban J connectivity index is 1.20. The maximum Gasteiger partial charge on any atom is 0.0355 e. The van der Waals surface area contributed by atoms with Crippen LogP contribution in [0.1, 0.15) is 52.7 Å². The highest BCUT2D eigenvalue weighted by Gasteiger charge is 2.21. The van der Waals surface area contributed by atoms with E-state index in [2.05, 4.69) is 175 Å². The molecule has 8 aromatic rings. The van der Waals surface area contributed by atoms with Gasteiger partial charge in [0.2, 0.25) is 0 Å². The summed E-state index contributed by atoms with van der Waals surface area (Å²) in [5.74, 6) is 0. The minimum absolute atomic E-state index is 0.0847. The molecule has 0 atom stereocenters. The van der Waals surface area contributed by atoms with Crippen molar-refractivity contribution >= 4 is 53.1 Å². The lowest BCUT2D eigenvalue weighted by Crippen LogP contribution is -2.16. The molecule has 0 unspecified atom stereocenters. The van der Waals surface area contributed by atoms with E-state index in [9.17, 15) is 0 Å². The first kappa shape index (κ1) is 29.7. The second-order valence-electron chi connectivity index (χ2n) is 15.2. The van der Waals surface area contributed by atoms with E-state index in [0.29, 0.717) is 0 Å². The molecule has 0 aliphatic heterocycles. The molecule has 0 saturated carbocycles. The lowest BCUT2D eigenvalue weighted by atomic mass is 9.79. The zero-order chi connectivity index (χ0) is 32.5. The lowest BCUT2D eigenvalue weighted by molar-refractivity contribution is 0.569. The third-order valence-electron chi connectivity index (χ3n) is 9.70. The smallest absolute Gasteiger partial charge is 0.0355 e. The van der Waals surface area contributed by atoms with Gasteiger partial charge < -0.3 is 0 Å². The van der Waals surface area contributed by atoms with E-state index in [-0.39, 0.29) is 10.8 Å². The van der Waals surface area contributed by atoms with Gasteiger partial charge in [-0.3, -0.25) is 0 Å². The molecule has 1 heteroatoms. The van der Waals surface area contributed by atoms with Crippen LogP contribution in [-0.2, 0) is 10.8 Å². The Morgan fingerprint density at radius 3 is 1.30 bits per heavy atom. The van der Waals surface area contributed by atoms with Gasteiger partial charge in [0.05, 0.1) is 0 Å². The van der Waals surface area contributed by atoms with Crippen LogP contribution in [0.3, 0.4) is 0 Å². The van der Waals surface area contributed by atoms with Crippen molar-refractivity contribution < 1.29 is 0 Å². The summed E-state index contributed by atoms with van der Waals surface area (Å²) >= 11 is 1.89. The Labute approximate surface area is 282 Å². The van der Waals surface area contributed by atoms with E-state index >= 15 is 0 Å². The molecule has 1 heterocycles. The molecule has 0 aliphatic rings. The molecular formula is C46H40S. The Hall–Kier alpha value is -4.72. The molecule has 0 nitrogen and oxygen atoms in total. The normalized spacial score (nSPS) is 12.5. The fourth-order valence-electron chi connectivity index (χ4n) is 6.78. The standard InChI is InChI=1S/C46H40S/c1-45(2,3)39-24-38(25-40(28-39)46(4,5)6)35-17-19-44-42(27-35)41-26-34(16-18-43(41)47-44)31-13-15-33-22-36-20-30(29-10-8-7-9-11-29)12-14-32(36)23-37(33)21-31/h7-28H,1-6H3. The molecule has 0 radical (unpaired) electrons. The van der Waals surface area contributed by atoms with Gasteiger partial charge >= 0.3 is 0 Å². The molecule has 230 valence electrons. The fraction of sp³-hybridized carbons (Fsp3) is 0.174. The van der Waals surface area contributed by atoms with E-state index in [0.717, 1.165) is 0 Å². The highest BCUT2D eigenvalue weighted by molar-refractivity contribution is 7.25. The number of hydrogen-bond donors (Lipinski definition) is 0. The Bertz CT molecular complexity index is 2430. The molecule has 0 fully saturated rings. The number of hydrogen-bond acceptors (Lipinski definition) is 1. The highest BCUT2D eigenvalue weighted by Crippen LogP contribution is 2.41. The van der Waals surface area contributed by atoms with Crippen molar-refractivity contribution in [3.8, 4) is 33.4 Å². The van der Waals surface area contributed by atoms with Crippen molar-refractivity contribution in [2.75, 3.05) is 0 Å². The molecule has 0 spiro atoms. The minimum atomic E-state index is 0.0847. The molecule has 0 aliphatic carbocycles. The first-order valence-electron chi connectivity index (χ1n) is 16.7. The van der Waals surface area contributed by atoms with Crippen molar-refractivity contribution in [1.29, 1.82) is 0 Å². The quantitative estimate of drug-likeness (QED) is 0.172. The van der Waals surface area contributed by atoms with Crippen molar-refractivity contribution in [2.24, 2.45) is 0 Å². The molecule has 0 N–H and O–H groups in total. The highest BCUT2D eigenvalue weighted by atomic mass is 32.1. The van der Waals surface area contributed by atoms with Gasteiger partial charge in [0.1, 0.15) is 0 Å². The third kappa shape index (κ3) is 5.53. The summed E-state index contributed by atoms with van der Waals surface area (Å²) in [6, 6.07) is 50.3. The van der Waals surface area contributed by atoms with Gasteiger partial charge in [-0.1, -0.05) is 126 Å². The van der Waals surface area contributed by atoms with Crippen LogP contribution in [0.25, 0.3) is 75.1 Å². The van der Waals surface area contributed by atoms with Crippen LogP contribution in [0.2, 0.25) is 0 Å². The van der Waals surface area contributed by atoms with Crippen LogP contribution >= 0.6 is 11.3 Å². The number of benzene rings is 7. The largest absolute Gasteiger partial charge is 0.135 e. The van der Waals surface area contributed by atoms with Gasteiger partial charge in [0.25, 0.3) is 0 Å². The van der Waals surface area contributed by atoms with Gasteiger partial charge in [-0.05, 0) is 125 Å². The van der Waals surface area contributed by atoms with Gasteiger partial charge in [-0.2, -0.15) is 0 Å². The number of rotatable bonds is 3. The van der Waals surface area contributed by atoms with E-state index in [4.69, 9.17) is 0 Å². The first-order valence-corrected chi connectivity index (χ1v) is 17.5. The van der Waals surface area contributed by atoms with Gasteiger partial charge in [0.15, 0.2) is 0 Å². The van der Waals surface area contributed by atoms with Crippen molar-refractivity contribution in [3.05, 3.63) is 145 Å². The van der Waals surface area contributed by atoms with Crippen LogP contribution in [0, 0.1) is 0 Å². The average molecular weight is 625 g/mol. The molecule has 47 heavy (non-hydrogen) atoms. The molecule has 8 rings (SSSR count). The summed E-state index contributed by atoms with van der Waals surface area (Å²) in [6.45, 7) is 13.9. The van der Waals surface area contributed by atoms with Gasteiger partial charge in [0, 0.05) is 20.2 Å². The summed E-state index contributed by atoms with van der Waals surface area (Å²) in [7, 11) is 0. The molecular weight excluding hydrogens is 585 g/mol. The lowest BCUT2D eigenvalue weighted by Gasteiger charge is -2.26. The monoisotopic (exact) mass is 624 g/mol. The van der Waals surface area contributed by atoms with Crippen LogP contribution < -0.4 is 0 Å². The summed E-state index contributed by atoms with van der Waals surface area (Å²) < 4.78 is 2.67. The summed E-state index contributed by atoms with van der Waals surface area (Å²) in [5.41, 5.74) is 10.5. The number of fused-ring (bicyclic) bond motifs is 5. The van der Waals surface area contributed by atoms with Crippen LogP contribution in [0.4, 0.5) is 0 Å². The molecule has 7 aromatic carbocycles. The summed E-state index contributed by atoms with van der Waals surface area (Å²) in [4.78, 5) is 0. The second kappa shape index (κ2) is 10.9. The molecule has 0 bridgehead atoms. The second-order valence-corrected chi connectivity index (χ2v) is 16.2. The average Bonchev–Trinajstić information content (AvgIpc) is 3.43. The predicted molar refractivity (Wildman–Crippen MR) is 208 cm³/mol. The molecule has 1 aromatic heterocycles. The van der Waals surface area contributed by atoms with Crippen molar-refractivity contribution in [3.63, 3.8) is 0 Å². The Kier molecular flexibility index (Phi) is 6.90. The summed E-state index contributed by atoms with van der Waals surface area (Å²) in [5, 5.41) is 7.75.